The van der Waals surface area contributed by atoms with Crippen LogP contribution in [0, 0.1) is 0 Å². The maximum Gasteiger partial charge on any atom is 0.313 e. The minimum absolute atomic E-state index is 0.0670. The van der Waals surface area contributed by atoms with Gasteiger partial charge in [0.15, 0.2) is 0 Å². The lowest BCUT2D eigenvalue weighted by molar-refractivity contribution is -0.144. The Morgan fingerprint density at radius 2 is 1.48 bits per heavy atom. The summed E-state index contributed by atoms with van der Waals surface area (Å²) in [6, 6.07) is 16.6. The summed E-state index contributed by atoms with van der Waals surface area (Å²) >= 11 is 0. The largest absolute Gasteiger partial charge is 0.497 e. The Kier molecular flexibility index (Phi) is 6.57. The molecule has 0 amide bonds. The Morgan fingerprint density at radius 1 is 0.840 bits per heavy atom. The van der Waals surface area contributed by atoms with Crippen LogP contribution in [0.2, 0.25) is 0 Å². The van der Waals surface area contributed by atoms with E-state index in [1.807, 2.05) is 42.5 Å². The van der Waals surface area contributed by atoms with E-state index in [4.69, 9.17) is 14.2 Å². The van der Waals surface area contributed by atoms with Gasteiger partial charge < -0.3 is 14.2 Å². The van der Waals surface area contributed by atoms with E-state index in [1.165, 1.54) is 14.2 Å². The first-order chi connectivity index (χ1) is 12.1. The average Bonchev–Trinajstić information content (AvgIpc) is 2.68. The van der Waals surface area contributed by atoms with Gasteiger partial charge in [-0.25, -0.2) is 0 Å². The molecule has 5 heteroatoms. The van der Waals surface area contributed by atoms with Crippen LogP contribution in [0.5, 0.6) is 5.75 Å². The second kappa shape index (κ2) is 8.87. The number of hydrogen-bond acceptors (Lipinski definition) is 5. The van der Waals surface area contributed by atoms with Gasteiger partial charge in [0.2, 0.25) is 0 Å². The van der Waals surface area contributed by atoms with E-state index in [1.54, 1.807) is 19.2 Å². The topological polar surface area (TPSA) is 61.8 Å². The lowest BCUT2D eigenvalue weighted by Gasteiger charge is -2.25. The summed E-state index contributed by atoms with van der Waals surface area (Å²) < 4.78 is 15.0. The predicted molar refractivity (Wildman–Crippen MR) is 93.6 cm³/mol. The van der Waals surface area contributed by atoms with Crippen molar-refractivity contribution >= 4 is 11.9 Å². The van der Waals surface area contributed by atoms with Gasteiger partial charge in [-0.05, 0) is 23.3 Å². The van der Waals surface area contributed by atoms with Crippen molar-refractivity contribution in [1.82, 2.24) is 0 Å². The molecule has 0 aliphatic carbocycles. The van der Waals surface area contributed by atoms with Crippen LogP contribution in [0.4, 0.5) is 0 Å². The molecule has 25 heavy (non-hydrogen) atoms. The van der Waals surface area contributed by atoms with Gasteiger partial charge in [-0.1, -0.05) is 42.5 Å². The number of benzene rings is 2. The zero-order chi connectivity index (χ0) is 18.2. The van der Waals surface area contributed by atoms with Crippen LogP contribution in [0.15, 0.2) is 54.6 Å². The number of esters is 2. The van der Waals surface area contributed by atoms with Crippen molar-refractivity contribution in [3.05, 3.63) is 65.7 Å². The molecule has 5 nitrogen and oxygen atoms in total. The third-order valence-corrected chi connectivity index (χ3v) is 4.17. The molecule has 0 unspecified atom stereocenters. The fraction of sp³-hybridized carbons (Fsp3) is 0.300. The molecular weight excluding hydrogens is 320 g/mol. The number of ether oxygens (including phenoxy) is 3. The molecule has 132 valence electrons. The Balaban J connectivity index is 2.48. The summed E-state index contributed by atoms with van der Waals surface area (Å²) in [6.07, 6.45) is 0.0670. The number of methoxy groups -OCH3 is 3. The second-order valence-corrected chi connectivity index (χ2v) is 5.57. The number of carbonyl (C=O) groups excluding carboxylic acids is 2. The molecule has 0 radical (unpaired) electrons. The van der Waals surface area contributed by atoms with E-state index in [-0.39, 0.29) is 12.4 Å². The average molecular weight is 342 g/mol. The first-order valence-electron chi connectivity index (χ1n) is 7.94. The molecule has 0 bridgehead atoms. The van der Waals surface area contributed by atoms with E-state index in [0.29, 0.717) is 5.75 Å². The van der Waals surface area contributed by atoms with Gasteiger partial charge in [-0.2, -0.15) is 0 Å². The maximum atomic E-state index is 12.5. The smallest absolute Gasteiger partial charge is 0.313 e. The van der Waals surface area contributed by atoms with E-state index < -0.39 is 17.8 Å². The lowest BCUT2D eigenvalue weighted by Crippen LogP contribution is -2.24. The van der Waals surface area contributed by atoms with Crippen molar-refractivity contribution in [2.45, 2.75) is 18.3 Å². The van der Waals surface area contributed by atoms with E-state index in [9.17, 15) is 9.59 Å². The molecule has 0 aliphatic heterocycles. The highest BCUT2D eigenvalue weighted by molar-refractivity contribution is 5.81. The molecule has 0 aromatic heterocycles. The molecule has 0 saturated carbocycles. The Bertz CT molecular complexity index is 694. The number of rotatable bonds is 7. The van der Waals surface area contributed by atoms with E-state index in [0.717, 1.165) is 11.1 Å². The molecule has 0 aliphatic rings. The normalized spacial score (nSPS) is 12.8. The molecule has 0 N–H and O–H groups in total. The summed E-state index contributed by atoms with van der Waals surface area (Å²) in [5, 5.41) is 0. The molecule has 0 spiro atoms. The highest BCUT2D eigenvalue weighted by Crippen LogP contribution is 2.37. The van der Waals surface area contributed by atoms with Crippen molar-refractivity contribution in [3.8, 4) is 5.75 Å². The number of carbonyl (C=O) groups is 2. The predicted octanol–water partition coefficient (Wildman–Crippen LogP) is 3.30. The Hall–Kier alpha value is -2.82. The highest BCUT2D eigenvalue weighted by Gasteiger charge is 2.34. The molecule has 0 saturated heterocycles. The minimum atomic E-state index is -0.612. The van der Waals surface area contributed by atoms with Crippen molar-refractivity contribution < 1.29 is 23.8 Å². The Morgan fingerprint density at radius 3 is 2.00 bits per heavy atom. The lowest BCUT2D eigenvalue weighted by atomic mass is 9.79. The van der Waals surface area contributed by atoms with Crippen LogP contribution >= 0.6 is 0 Å². The third kappa shape index (κ3) is 4.59. The zero-order valence-corrected chi connectivity index (χ0v) is 14.6. The fourth-order valence-electron chi connectivity index (χ4n) is 2.86. The van der Waals surface area contributed by atoms with Crippen LogP contribution < -0.4 is 4.74 Å². The van der Waals surface area contributed by atoms with Gasteiger partial charge in [0.25, 0.3) is 0 Å². The van der Waals surface area contributed by atoms with Crippen LogP contribution in [0.25, 0.3) is 0 Å². The van der Waals surface area contributed by atoms with Gasteiger partial charge in [0.05, 0.1) is 33.7 Å². The quantitative estimate of drug-likeness (QED) is 0.723. The van der Waals surface area contributed by atoms with Crippen molar-refractivity contribution in [2.75, 3.05) is 21.3 Å². The molecular formula is C20H22O5. The summed E-state index contributed by atoms with van der Waals surface area (Å²) in [6.45, 7) is 0. The van der Waals surface area contributed by atoms with Gasteiger partial charge >= 0.3 is 11.9 Å². The van der Waals surface area contributed by atoms with E-state index >= 15 is 0 Å². The summed E-state index contributed by atoms with van der Waals surface area (Å²) in [5.74, 6) is -1.09. The van der Waals surface area contributed by atoms with Crippen LogP contribution in [-0.2, 0) is 19.1 Å². The molecule has 2 aromatic carbocycles. The summed E-state index contributed by atoms with van der Waals surface area (Å²) in [4.78, 5) is 24.5. The van der Waals surface area contributed by atoms with E-state index in [2.05, 4.69) is 0 Å². The summed E-state index contributed by atoms with van der Waals surface area (Å²) in [7, 11) is 4.27. The van der Waals surface area contributed by atoms with Gasteiger partial charge in [0, 0.05) is 5.92 Å². The van der Waals surface area contributed by atoms with Gasteiger partial charge in [-0.15, -0.1) is 0 Å². The van der Waals surface area contributed by atoms with Gasteiger partial charge in [-0.3, -0.25) is 9.59 Å². The monoisotopic (exact) mass is 342 g/mol. The van der Waals surface area contributed by atoms with Crippen molar-refractivity contribution in [2.24, 2.45) is 0 Å². The Labute approximate surface area is 147 Å². The zero-order valence-electron chi connectivity index (χ0n) is 14.6. The third-order valence-electron chi connectivity index (χ3n) is 4.17. The van der Waals surface area contributed by atoms with Crippen molar-refractivity contribution in [3.63, 3.8) is 0 Å². The summed E-state index contributed by atoms with van der Waals surface area (Å²) in [5.41, 5.74) is 1.63. The number of hydrogen-bond donors (Lipinski definition) is 0. The first kappa shape index (κ1) is 18.5. The van der Waals surface area contributed by atoms with Gasteiger partial charge in [0.1, 0.15) is 5.75 Å². The van der Waals surface area contributed by atoms with Crippen LogP contribution in [0.1, 0.15) is 29.4 Å². The van der Waals surface area contributed by atoms with Crippen LogP contribution in [0.3, 0.4) is 0 Å². The van der Waals surface area contributed by atoms with Crippen LogP contribution in [-0.4, -0.2) is 33.3 Å². The standard InChI is InChI=1S/C20H22O5/c1-23-16-11-9-14(10-12-16)17(13-18(21)24-2)19(20(22)25-3)15-7-5-4-6-8-15/h4-12,17,19H,13H2,1-3H3/t17-,19-/m1/s1. The maximum absolute atomic E-state index is 12.5. The molecule has 0 heterocycles. The fourth-order valence-corrected chi connectivity index (χ4v) is 2.86. The minimum Gasteiger partial charge on any atom is -0.497 e. The first-order valence-corrected chi connectivity index (χ1v) is 7.94. The second-order valence-electron chi connectivity index (χ2n) is 5.57. The van der Waals surface area contributed by atoms with Crippen molar-refractivity contribution in [1.29, 1.82) is 0 Å². The molecule has 2 rings (SSSR count). The molecule has 2 atom stereocenters. The SMILES string of the molecule is COC(=O)C[C@H](c1ccc(OC)cc1)[C@H](C(=O)OC)c1ccccc1. The molecule has 0 fully saturated rings. The highest BCUT2D eigenvalue weighted by atomic mass is 16.5. The molecule has 2 aromatic rings.